The van der Waals surface area contributed by atoms with Crippen molar-refractivity contribution in [3.8, 4) is 0 Å². The number of nitrogens with one attached hydrogen (secondary N) is 1. The Morgan fingerprint density at radius 3 is 2.67 bits per heavy atom. The second kappa shape index (κ2) is 6.27. The van der Waals surface area contributed by atoms with E-state index < -0.39 is 11.6 Å². The van der Waals surface area contributed by atoms with Crippen LogP contribution in [0.25, 0.3) is 11.0 Å². The average Bonchev–Trinajstić information content (AvgIpc) is 2.54. The molecule has 1 aromatic carbocycles. The Labute approximate surface area is 137 Å². The maximum absolute atomic E-state index is 12.0. The number of nitrogens with zero attached hydrogens (tertiary/aromatic N) is 1. The Balaban J connectivity index is 1.85. The van der Waals surface area contributed by atoms with Crippen LogP contribution in [-0.4, -0.2) is 17.6 Å². The fraction of sp³-hybridized carbons (Fsp3) is 0.294. The number of amides is 1. The molecule has 0 bridgehead atoms. The van der Waals surface area contributed by atoms with Gasteiger partial charge in [0.05, 0.1) is 0 Å². The molecule has 1 aliphatic heterocycles. The number of hydrogen-bond donors (Lipinski definition) is 1. The molecule has 1 aromatic heterocycles. The maximum Gasteiger partial charge on any atom is 0.354 e. The lowest BCUT2D eigenvalue weighted by Crippen LogP contribution is -2.30. The zero-order chi connectivity index (χ0) is 17.3. The van der Waals surface area contributed by atoms with Crippen LogP contribution < -0.4 is 11.1 Å². The Morgan fingerprint density at radius 1 is 1.21 bits per heavy atom. The first kappa shape index (κ1) is 15.9. The maximum atomic E-state index is 12.0. The minimum Gasteiger partial charge on any atom is -0.456 e. The van der Waals surface area contributed by atoms with E-state index >= 15 is 0 Å². The van der Waals surface area contributed by atoms with Gasteiger partial charge >= 0.3 is 11.6 Å². The van der Waals surface area contributed by atoms with Crippen LogP contribution in [0.4, 0.5) is 0 Å². The van der Waals surface area contributed by atoms with Gasteiger partial charge in [-0.05, 0) is 37.1 Å². The number of fused-ring (bicyclic) bond motifs is 1. The first-order valence-corrected chi connectivity index (χ1v) is 7.50. The molecule has 7 heteroatoms. The number of ether oxygens (including phenoxy) is 1. The number of hydrazone groups is 1. The zero-order valence-electron chi connectivity index (χ0n) is 13.3. The van der Waals surface area contributed by atoms with Crippen LogP contribution in [0.15, 0.2) is 32.5 Å². The van der Waals surface area contributed by atoms with Crippen molar-refractivity contribution in [3.05, 3.63) is 45.3 Å². The summed E-state index contributed by atoms with van der Waals surface area (Å²) in [4.78, 5) is 34.8. The van der Waals surface area contributed by atoms with Gasteiger partial charge in [0, 0.05) is 29.9 Å². The topological polar surface area (TPSA) is 98.0 Å². The number of carbonyl (C=O) groups excluding carboxylic acids is 2. The van der Waals surface area contributed by atoms with Crippen LogP contribution in [0.2, 0.25) is 0 Å². The number of hydrogen-bond acceptors (Lipinski definition) is 6. The van der Waals surface area contributed by atoms with Crippen LogP contribution in [0.5, 0.6) is 0 Å². The third kappa shape index (κ3) is 3.19. The van der Waals surface area contributed by atoms with E-state index in [0.717, 1.165) is 16.5 Å². The summed E-state index contributed by atoms with van der Waals surface area (Å²) < 4.78 is 10.4. The second-order valence-corrected chi connectivity index (χ2v) is 5.69. The molecule has 1 amide bonds. The van der Waals surface area contributed by atoms with Gasteiger partial charge in [-0.25, -0.2) is 15.0 Å². The van der Waals surface area contributed by atoms with Gasteiger partial charge in [0.1, 0.15) is 17.9 Å². The van der Waals surface area contributed by atoms with Crippen molar-refractivity contribution in [3.63, 3.8) is 0 Å². The molecule has 24 heavy (non-hydrogen) atoms. The Morgan fingerprint density at radius 2 is 1.96 bits per heavy atom. The Bertz CT molecular complexity index is 926. The summed E-state index contributed by atoms with van der Waals surface area (Å²) in [7, 11) is 0. The largest absolute Gasteiger partial charge is 0.456 e. The van der Waals surface area contributed by atoms with E-state index in [4.69, 9.17) is 9.15 Å². The van der Waals surface area contributed by atoms with Gasteiger partial charge in [-0.1, -0.05) is 0 Å². The minimum atomic E-state index is -0.611. The van der Waals surface area contributed by atoms with Gasteiger partial charge in [-0.2, -0.15) is 5.10 Å². The molecule has 1 N–H and O–H groups in total. The number of aryl methyl sites for hydroxylation is 2. The lowest BCUT2D eigenvalue weighted by molar-refractivity contribution is -0.137. The van der Waals surface area contributed by atoms with Gasteiger partial charge in [-0.15, -0.1) is 0 Å². The van der Waals surface area contributed by atoms with Crippen molar-refractivity contribution in [1.29, 1.82) is 0 Å². The normalized spacial score (nSPS) is 14.2. The first-order chi connectivity index (χ1) is 11.4. The molecule has 3 rings (SSSR count). The molecule has 124 valence electrons. The molecule has 0 aliphatic carbocycles. The SMILES string of the molecule is Cc1cc2oc(=O)cc(COC(=O)C3=NNC(=O)CC3)c2cc1C. The Hall–Kier alpha value is -2.96. The molecular formula is C17H16N2O5. The van der Waals surface area contributed by atoms with Gasteiger partial charge in [-0.3, -0.25) is 4.79 Å². The standard InChI is InChI=1S/C17H16N2O5/c1-9-5-12-11(7-16(21)24-14(12)6-10(9)2)8-23-17(22)13-3-4-15(20)19-18-13/h5-7H,3-4,8H2,1-2H3,(H,19,20). The van der Waals surface area contributed by atoms with Gasteiger partial charge in [0.15, 0.2) is 0 Å². The third-order valence-corrected chi connectivity index (χ3v) is 3.94. The molecular weight excluding hydrogens is 312 g/mol. The third-order valence-electron chi connectivity index (χ3n) is 3.94. The van der Waals surface area contributed by atoms with Crippen LogP contribution in [0.3, 0.4) is 0 Å². The van der Waals surface area contributed by atoms with Gasteiger partial charge < -0.3 is 9.15 Å². The molecule has 0 atom stereocenters. The number of carbonyl (C=O) groups is 2. The molecule has 0 spiro atoms. The molecule has 7 nitrogen and oxygen atoms in total. The second-order valence-electron chi connectivity index (χ2n) is 5.69. The van der Waals surface area contributed by atoms with Crippen molar-refractivity contribution in [2.24, 2.45) is 5.10 Å². The van der Waals surface area contributed by atoms with E-state index in [9.17, 15) is 14.4 Å². The smallest absolute Gasteiger partial charge is 0.354 e. The molecule has 1 aliphatic rings. The van der Waals surface area contributed by atoms with Crippen LogP contribution in [0, 0.1) is 13.8 Å². The summed E-state index contributed by atoms with van der Waals surface area (Å²) in [6.45, 7) is 3.81. The van der Waals surface area contributed by atoms with E-state index in [0.29, 0.717) is 11.1 Å². The summed E-state index contributed by atoms with van der Waals surface area (Å²) in [6, 6.07) is 5.00. The van der Waals surface area contributed by atoms with E-state index in [-0.39, 0.29) is 31.1 Å². The first-order valence-electron chi connectivity index (χ1n) is 7.50. The predicted molar refractivity (Wildman–Crippen MR) is 86.6 cm³/mol. The molecule has 2 aromatic rings. The number of rotatable bonds is 3. The molecule has 0 fully saturated rings. The van der Waals surface area contributed by atoms with Crippen LogP contribution in [0.1, 0.15) is 29.5 Å². The molecule has 0 saturated carbocycles. The van der Waals surface area contributed by atoms with Crippen LogP contribution >= 0.6 is 0 Å². The van der Waals surface area contributed by atoms with E-state index in [2.05, 4.69) is 10.5 Å². The fourth-order valence-corrected chi connectivity index (χ4v) is 2.45. The summed E-state index contributed by atoms with van der Waals surface area (Å²) in [5.41, 5.74) is 4.98. The fourth-order valence-electron chi connectivity index (χ4n) is 2.45. The molecule has 0 saturated heterocycles. The lowest BCUT2D eigenvalue weighted by Gasteiger charge is -2.12. The van der Waals surface area contributed by atoms with E-state index in [1.807, 2.05) is 19.9 Å². The quantitative estimate of drug-likeness (QED) is 0.683. The number of esters is 1. The predicted octanol–water partition coefficient (Wildman–Crippen LogP) is 1.72. The average molecular weight is 328 g/mol. The Kier molecular flexibility index (Phi) is 4.16. The summed E-state index contributed by atoms with van der Waals surface area (Å²) in [6.07, 6.45) is 0.435. The molecule has 0 unspecified atom stereocenters. The van der Waals surface area contributed by atoms with Crippen molar-refractivity contribution in [2.45, 2.75) is 33.3 Å². The highest BCUT2D eigenvalue weighted by molar-refractivity contribution is 6.37. The van der Waals surface area contributed by atoms with Crippen LogP contribution in [-0.2, 0) is 20.9 Å². The summed E-state index contributed by atoms with van der Waals surface area (Å²) >= 11 is 0. The highest BCUT2D eigenvalue weighted by atomic mass is 16.5. The number of benzene rings is 1. The molecule has 2 heterocycles. The zero-order valence-corrected chi connectivity index (χ0v) is 13.3. The highest BCUT2D eigenvalue weighted by Gasteiger charge is 2.20. The van der Waals surface area contributed by atoms with Crippen molar-refractivity contribution < 1.29 is 18.7 Å². The van der Waals surface area contributed by atoms with Gasteiger partial charge in [0.25, 0.3) is 0 Å². The highest BCUT2D eigenvalue weighted by Crippen LogP contribution is 2.22. The van der Waals surface area contributed by atoms with E-state index in [1.165, 1.54) is 6.07 Å². The van der Waals surface area contributed by atoms with Gasteiger partial charge in [0.2, 0.25) is 5.91 Å². The lowest BCUT2D eigenvalue weighted by atomic mass is 10.0. The van der Waals surface area contributed by atoms with Crippen molar-refractivity contribution in [2.75, 3.05) is 0 Å². The summed E-state index contributed by atoms with van der Waals surface area (Å²) in [5.74, 6) is -0.843. The van der Waals surface area contributed by atoms with Crippen molar-refractivity contribution >= 4 is 28.6 Å². The molecule has 0 radical (unpaired) electrons. The monoisotopic (exact) mass is 328 g/mol. The van der Waals surface area contributed by atoms with Crippen molar-refractivity contribution in [1.82, 2.24) is 5.43 Å². The summed E-state index contributed by atoms with van der Waals surface area (Å²) in [5, 5.41) is 4.42. The minimum absolute atomic E-state index is 0.0730. The van der Waals surface area contributed by atoms with E-state index in [1.54, 1.807) is 6.07 Å².